The van der Waals surface area contributed by atoms with Crippen LogP contribution in [-0.4, -0.2) is 24.5 Å². The molecule has 0 saturated heterocycles. The number of hydrogen-bond donors (Lipinski definition) is 0. The van der Waals surface area contributed by atoms with Gasteiger partial charge in [0, 0.05) is 11.8 Å². The van der Waals surface area contributed by atoms with Crippen LogP contribution in [0.3, 0.4) is 0 Å². The maximum Gasteiger partial charge on any atom is 0.282 e. The van der Waals surface area contributed by atoms with Crippen LogP contribution in [0.5, 0.6) is 0 Å². The van der Waals surface area contributed by atoms with Crippen LogP contribution in [0.15, 0.2) is 47.4 Å². The highest BCUT2D eigenvalue weighted by atomic mass is 32.2. The van der Waals surface area contributed by atoms with Crippen molar-refractivity contribution in [2.75, 3.05) is 6.26 Å². The Kier molecular flexibility index (Phi) is 4.95. The number of benzene rings is 2. The molecule has 0 amide bonds. The number of sulfone groups is 1. The molecule has 0 saturated carbocycles. The Hall–Kier alpha value is -3.19. The second kappa shape index (κ2) is 7.09. The van der Waals surface area contributed by atoms with Crippen molar-refractivity contribution >= 4 is 9.84 Å². The highest BCUT2D eigenvalue weighted by Crippen LogP contribution is 2.31. The summed E-state index contributed by atoms with van der Waals surface area (Å²) in [5.41, 5.74) is -0.492. The Morgan fingerprint density at radius 1 is 1.11 bits per heavy atom. The third kappa shape index (κ3) is 3.61. The normalized spacial score (nSPS) is 11.6. The van der Waals surface area contributed by atoms with Crippen molar-refractivity contribution in [1.82, 2.24) is 9.78 Å². The van der Waals surface area contributed by atoms with Crippen molar-refractivity contribution in [2.45, 2.75) is 11.3 Å². The largest absolute Gasteiger partial charge is 0.282 e. The maximum atomic E-state index is 14.3. The van der Waals surface area contributed by atoms with E-state index in [2.05, 4.69) is 5.10 Å². The highest BCUT2D eigenvalue weighted by molar-refractivity contribution is 7.90. The minimum absolute atomic E-state index is 0.0942. The number of nitriles is 1. The van der Waals surface area contributed by atoms with E-state index in [0.717, 1.165) is 22.9 Å². The Morgan fingerprint density at radius 2 is 1.75 bits per heavy atom. The Balaban J connectivity index is 2.26. The van der Waals surface area contributed by atoms with Gasteiger partial charge in [0.1, 0.15) is 22.2 Å². The molecule has 0 aliphatic heterocycles. The molecule has 3 rings (SSSR count). The molecular formula is C18H11F4N3O2S. The van der Waals surface area contributed by atoms with Crippen molar-refractivity contribution in [3.63, 3.8) is 0 Å². The maximum absolute atomic E-state index is 14.3. The molecule has 1 heterocycles. The quantitative estimate of drug-likeness (QED) is 0.610. The minimum atomic E-state index is -4.17. The first-order valence-corrected chi connectivity index (χ1v) is 9.59. The van der Waals surface area contributed by atoms with Gasteiger partial charge in [-0.2, -0.15) is 10.4 Å². The second-order valence-electron chi connectivity index (χ2n) is 5.87. The van der Waals surface area contributed by atoms with Gasteiger partial charge in [0.25, 0.3) is 6.43 Å². The molecule has 0 radical (unpaired) electrons. The fourth-order valence-corrected chi connectivity index (χ4v) is 3.50. The molecule has 0 aliphatic rings. The molecule has 0 unspecified atom stereocenters. The van der Waals surface area contributed by atoms with E-state index in [-0.39, 0.29) is 22.5 Å². The first kappa shape index (κ1) is 19.6. The molecule has 1 aromatic heterocycles. The number of alkyl halides is 2. The molecule has 3 aromatic rings. The summed E-state index contributed by atoms with van der Waals surface area (Å²) in [6.07, 6.45) is -2.30. The fourth-order valence-electron chi connectivity index (χ4n) is 2.68. The van der Waals surface area contributed by atoms with Crippen LogP contribution in [0.4, 0.5) is 17.6 Å². The van der Waals surface area contributed by atoms with Gasteiger partial charge in [-0.3, -0.25) is 0 Å². The predicted octanol–water partition coefficient (Wildman–Crippen LogP) is 4.03. The lowest BCUT2D eigenvalue weighted by Gasteiger charge is -2.10. The summed E-state index contributed by atoms with van der Waals surface area (Å²) in [6, 6.07) is 10.1. The Labute approximate surface area is 157 Å². The fraction of sp³-hybridized carbons (Fsp3) is 0.111. The van der Waals surface area contributed by atoms with E-state index >= 15 is 0 Å². The summed E-state index contributed by atoms with van der Waals surface area (Å²) >= 11 is 0. The average Bonchev–Trinajstić information content (AvgIpc) is 3.05. The molecule has 0 fully saturated rings. The van der Waals surface area contributed by atoms with Crippen LogP contribution in [0, 0.1) is 23.0 Å². The third-order valence-electron chi connectivity index (χ3n) is 3.84. The van der Waals surface area contributed by atoms with Crippen molar-refractivity contribution in [2.24, 2.45) is 0 Å². The first-order valence-electron chi connectivity index (χ1n) is 7.70. The SMILES string of the molecule is CS(=O)(=O)c1c(F)cc(-c2cc(C(F)F)nn2-c2cccc(C#N)c2)cc1F. The van der Waals surface area contributed by atoms with E-state index in [1.54, 1.807) is 0 Å². The van der Waals surface area contributed by atoms with Crippen LogP contribution < -0.4 is 0 Å². The van der Waals surface area contributed by atoms with E-state index < -0.39 is 38.5 Å². The summed E-state index contributed by atoms with van der Waals surface area (Å²) in [5, 5.41) is 12.8. The van der Waals surface area contributed by atoms with Crippen molar-refractivity contribution < 1.29 is 26.0 Å². The zero-order valence-electron chi connectivity index (χ0n) is 14.2. The van der Waals surface area contributed by atoms with E-state index in [0.29, 0.717) is 6.26 Å². The molecule has 144 valence electrons. The van der Waals surface area contributed by atoms with Gasteiger partial charge in [-0.05, 0) is 36.4 Å². The lowest BCUT2D eigenvalue weighted by molar-refractivity contribution is 0.145. The molecule has 2 aromatic carbocycles. The molecule has 0 atom stereocenters. The number of rotatable bonds is 4. The molecule has 5 nitrogen and oxygen atoms in total. The van der Waals surface area contributed by atoms with Gasteiger partial charge in [-0.15, -0.1) is 0 Å². The Bertz CT molecular complexity index is 1190. The summed E-state index contributed by atoms with van der Waals surface area (Å²) < 4.78 is 79.0. The number of aromatic nitrogens is 2. The lowest BCUT2D eigenvalue weighted by Crippen LogP contribution is -2.06. The predicted molar refractivity (Wildman–Crippen MR) is 91.7 cm³/mol. The summed E-state index contributed by atoms with van der Waals surface area (Å²) in [6.45, 7) is 0. The smallest absolute Gasteiger partial charge is 0.233 e. The third-order valence-corrected chi connectivity index (χ3v) is 4.97. The van der Waals surface area contributed by atoms with Crippen molar-refractivity contribution in [3.05, 3.63) is 65.4 Å². The van der Waals surface area contributed by atoms with Gasteiger partial charge in [-0.25, -0.2) is 30.7 Å². The number of hydrogen-bond acceptors (Lipinski definition) is 4. The lowest BCUT2D eigenvalue weighted by atomic mass is 10.1. The van der Waals surface area contributed by atoms with Gasteiger partial charge >= 0.3 is 0 Å². The van der Waals surface area contributed by atoms with Gasteiger partial charge in [0.05, 0.1) is 23.0 Å². The molecule has 0 bridgehead atoms. The van der Waals surface area contributed by atoms with E-state index in [9.17, 15) is 26.0 Å². The molecular weight excluding hydrogens is 398 g/mol. The van der Waals surface area contributed by atoms with E-state index in [1.807, 2.05) is 6.07 Å². The van der Waals surface area contributed by atoms with Gasteiger partial charge in [-0.1, -0.05) is 6.07 Å². The van der Waals surface area contributed by atoms with Crippen molar-refractivity contribution in [3.8, 4) is 23.0 Å². The topological polar surface area (TPSA) is 75.8 Å². The summed E-state index contributed by atoms with van der Waals surface area (Å²) in [7, 11) is -4.17. The van der Waals surface area contributed by atoms with Gasteiger partial charge in [0.15, 0.2) is 9.84 Å². The zero-order valence-corrected chi connectivity index (χ0v) is 15.0. The number of nitrogens with zero attached hydrogens (tertiary/aromatic N) is 3. The molecule has 0 spiro atoms. The van der Waals surface area contributed by atoms with Crippen LogP contribution in [0.1, 0.15) is 17.7 Å². The monoisotopic (exact) mass is 409 g/mol. The van der Waals surface area contributed by atoms with Gasteiger partial charge in [0.2, 0.25) is 0 Å². The molecule has 28 heavy (non-hydrogen) atoms. The second-order valence-corrected chi connectivity index (χ2v) is 7.82. The molecule has 0 aliphatic carbocycles. The molecule has 0 N–H and O–H groups in total. The van der Waals surface area contributed by atoms with Crippen LogP contribution in [-0.2, 0) is 9.84 Å². The van der Waals surface area contributed by atoms with E-state index in [1.165, 1.54) is 24.3 Å². The van der Waals surface area contributed by atoms with Crippen LogP contribution in [0.25, 0.3) is 16.9 Å². The van der Waals surface area contributed by atoms with Gasteiger partial charge < -0.3 is 0 Å². The van der Waals surface area contributed by atoms with Crippen molar-refractivity contribution in [1.29, 1.82) is 5.26 Å². The summed E-state index contributed by atoms with van der Waals surface area (Å²) in [5.74, 6) is -2.70. The van der Waals surface area contributed by atoms with E-state index in [4.69, 9.17) is 5.26 Å². The summed E-state index contributed by atoms with van der Waals surface area (Å²) in [4.78, 5) is -1.11. The molecule has 10 heteroatoms. The zero-order chi connectivity index (χ0) is 20.6. The first-order chi connectivity index (χ1) is 13.1. The van der Waals surface area contributed by atoms with Crippen LogP contribution in [0.2, 0.25) is 0 Å². The number of halogens is 4. The highest BCUT2D eigenvalue weighted by Gasteiger charge is 2.24. The average molecular weight is 409 g/mol. The standard InChI is InChI=1S/C18H11F4N3O2S/c1-28(26,27)17-13(19)6-11(7-14(17)20)16-8-15(18(21)22)24-25(16)12-4-2-3-10(5-12)9-23/h2-8,18H,1H3. The van der Waals surface area contributed by atoms with Crippen LogP contribution >= 0.6 is 0 Å². The Morgan fingerprint density at radius 3 is 2.29 bits per heavy atom. The minimum Gasteiger partial charge on any atom is -0.233 e.